The van der Waals surface area contributed by atoms with Crippen LogP contribution in [0.1, 0.15) is 16.8 Å². The van der Waals surface area contributed by atoms with Crippen LogP contribution in [0.4, 0.5) is 4.39 Å². The van der Waals surface area contributed by atoms with Crippen molar-refractivity contribution in [2.24, 2.45) is 0 Å². The molecule has 0 radical (unpaired) electrons. The van der Waals surface area contributed by atoms with Gasteiger partial charge in [-0.1, -0.05) is 11.6 Å². The summed E-state index contributed by atoms with van der Waals surface area (Å²) in [6.45, 7) is 1.16. The number of aliphatic hydroxyl groups excluding tert-OH is 1. The third-order valence-electron chi connectivity index (χ3n) is 2.16. The number of carbonyl (C=O) groups is 1. The fourth-order valence-corrected chi connectivity index (χ4v) is 1.56. The SMILES string of the molecule is O=C(NCCCOCCO)c1ccc(F)cc1Cl. The van der Waals surface area contributed by atoms with Crippen molar-refractivity contribution in [2.75, 3.05) is 26.4 Å². The van der Waals surface area contributed by atoms with Crippen molar-refractivity contribution < 1.29 is 19.0 Å². The number of carbonyl (C=O) groups excluding carboxylic acids is 1. The second-order valence-corrected chi connectivity index (χ2v) is 3.98. The fourth-order valence-electron chi connectivity index (χ4n) is 1.31. The number of benzene rings is 1. The highest BCUT2D eigenvalue weighted by Crippen LogP contribution is 2.16. The van der Waals surface area contributed by atoms with E-state index in [1.807, 2.05) is 0 Å². The summed E-state index contributed by atoms with van der Waals surface area (Å²) in [7, 11) is 0. The first-order valence-corrected chi connectivity index (χ1v) is 5.95. The van der Waals surface area contributed by atoms with Crippen molar-refractivity contribution in [3.8, 4) is 0 Å². The Morgan fingerprint density at radius 3 is 2.89 bits per heavy atom. The summed E-state index contributed by atoms with van der Waals surface area (Å²) in [5, 5.41) is 11.2. The monoisotopic (exact) mass is 275 g/mol. The third-order valence-corrected chi connectivity index (χ3v) is 2.48. The summed E-state index contributed by atoms with van der Waals surface area (Å²) < 4.78 is 17.8. The molecule has 0 unspecified atom stereocenters. The Bertz CT molecular complexity index is 401. The summed E-state index contributed by atoms with van der Waals surface area (Å²) in [4.78, 5) is 11.7. The summed E-state index contributed by atoms with van der Waals surface area (Å²) in [6.07, 6.45) is 0.630. The quantitative estimate of drug-likeness (QED) is 0.743. The van der Waals surface area contributed by atoms with Gasteiger partial charge in [-0.15, -0.1) is 0 Å². The van der Waals surface area contributed by atoms with Crippen LogP contribution in [0.3, 0.4) is 0 Å². The molecule has 18 heavy (non-hydrogen) atoms. The second kappa shape index (κ2) is 8.02. The molecule has 1 rings (SSSR count). The molecule has 2 N–H and O–H groups in total. The summed E-state index contributed by atoms with van der Waals surface area (Å²) in [6, 6.07) is 3.63. The van der Waals surface area contributed by atoms with E-state index in [0.717, 1.165) is 6.07 Å². The summed E-state index contributed by atoms with van der Waals surface area (Å²) in [5.41, 5.74) is 0.245. The molecule has 0 saturated carbocycles. The van der Waals surface area contributed by atoms with Gasteiger partial charge >= 0.3 is 0 Å². The van der Waals surface area contributed by atoms with Gasteiger partial charge in [-0.05, 0) is 24.6 Å². The number of nitrogens with one attached hydrogen (secondary N) is 1. The van der Waals surface area contributed by atoms with Crippen molar-refractivity contribution in [1.29, 1.82) is 0 Å². The lowest BCUT2D eigenvalue weighted by Crippen LogP contribution is -2.25. The molecule has 4 nitrogen and oxygen atoms in total. The fraction of sp³-hybridized carbons (Fsp3) is 0.417. The van der Waals surface area contributed by atoms with E-state index in [1.165, 1.54) is 12.1 Å². The van der Waals surface area contributed by atoms with Crippen LogP contribution in [0.15, 0.2) is 18.2 Å². The van der Waals surface area contributed by atoms with Crippen LogP contribution in [0.2, 0.25) is 5.02 Å². The van der Waals surface area contributed by atoms with Crippen LogP contribution in [0.25, 0.3) is 0 Å². The van der Waals surface area contributed by atoms with Crippen LogP contribution < -0.4 is 5.32 Å². The Labute approximate surface area is 110 Å². The van der Waals surface area contributed by atoms with Crippen LogP contribution in [0.5, 0.6) is 0 Å². The van der Waals surface area contributed by atoms with Crippen molar-refractivity contribution in [3.05, 3.63) is 34.6 Å². The van der Waals surface area contributed by atoms with Gasteiger partial charge in [0.25, 0.3) is 5.91 Å². The maximum Gasteiger partial charge on any atom is 0.252 e. The van der Waals surface area contributed by atoms with Crippen LogP contribution >= 0.6 is 11.6 Å². The van der Waals surface area contributed by atoms with Gasteiger partial charge in [-0.25, -0.2) is 4.39 Å². The minimum Gasteiger partial charge on any atom is -0.394 e. The van der Waals surface area contributed by atoms with Gasteiger partial charge in [0.2, 0.25) is 0 Å². The van der Waals surface area contributed by atoms with Crippen LogP contribution in [-0.4, -0.2) is 37.4 Å². The first-order chi connectivity index (χ1) is 8.65. The molecule has 100 valence electrons. The highest BCUT2D eigenvalue weighted by molar-refractivity contribution is 6.33. The first-order valence-electron chi connectivity index (χ1n) is 5.57. The molecule has 0 atom stereocenters. The minimum atomic E-state index is -0.478. The standard InChI is InChI=1S/C12H15ClFNO3/c13-11-8-9(14)2-3-10(11)12(17)15-4-1-6-18-7-5-16/h2-3,8,16H,1,4-7H2,(H,15,17). The maximum absolute atomic E-state index is 12.8. The molecule has 6 heteroatoms. The van der Waals surface area contributed by atoms with E-state index in [-0.39, 0.29) is 29.7 Å². The predicted octanol–water partition coefficient (Wildman–Crippen LogP) is 1.61. The van der Waals surface area contributed by atoms with E-state index in [4.69, 9.17) is 21.4 Å². The van der Waals surface area contributed by atoms with Gasteiger partial charge in [0.15, 0.2) is 0 Å². The molecule has 1 amide bonds. The molecule has 0 heterocycles. The summed E-state index contributed by atoms with van der Waals surface area (Å²) in [5.74, 6) is -0.823. The molecule has 0 saturated heterocycles. The molecule has 1 aromatic carbocycles. The predicted molar refractivity (Wildman–Crippen MR) is 66.3 cm³/mol. The van der Waals surface area contributed by atoms with Crippen LogP contribution in [-0.2, 0) is 4.74 Å². The number of amides is 1. The zero-order valence-corrected chi connectivity index (χ0v) is 10.5. The Morgan fingerprint density at radius 1 is 1.44 bits per heavy atom. The van der Waals surface area contributed by atoms with Gasteiger partial charge in [0.05, 0.1) is 23.8 Å². The molecule has 0 aliphatic rings. The van der Waals surface area contributed by atoms with E-state index >= 15 is 0 Å². The Balaban J connectivity index is 2.32. The zero-order valence-electron chi connectivity index (χ0n) is 9.79. The highest BCUT2D eigenvalue weighted by atomic mass is 35.5. The van der Waals surface area contributed by atoms with Crippen molar-refractivity contribution >= 4 is 17.5 Å². The lowest BCUT2D eigenvalue weighted by atomic mass is 10.2. The smallest absolute Gasteiger partial charge is 0.252 e. The van der Waals surface area contributed by atoms with E-state index in [0.29, 0.717) is 19.6 Å². The van der Waals surface area contributed by atoms with Crippen molar-refractivity contribution in [2.45, 2.75) is 6.42 Å². The molecule has 0 aliphatic carbocycles. The minimum absolute atomic E-state index is 0.0163. The second-order valence-electron chi connectivity index (χ2n) is 3.57. The maximum atomic E-state index is 12.8. The van der Waals surface area contributed by atoms with Gasteiger partial charge < -0.3 is 15.2 Å². The van der Waals surface area contributed by atoms with Crippen molar-refractivity contribution in [1.82, 2.24) is 5.32 Å². The molecule has 0 fully saturated rings. The Morgan fingerprint density at radius 2 is 2.22 bits per heavy atom. The first kappa shape index (κ1) is 14.9. The van der Waals surface area contributed by atoms with E-state index in [1.54, 1.807) is 0 Å². The highest BCUT2D eigenvalue weighted by Gasteiger charge is 2.10. The number of hydrogen-bond acceptors (Lipinski definition) is 3. The lowest BCUT2D eigenvalue weighted by molar-refractivity contribution is 0.0867. The van der Waals surface area contributed by atoms with Crippen molar-refractivity contribution in [3.63, 3.8) is 0 Å². The van der Waals surface area contributed by atoms with Crippen LogP contribution in [0, 0.1) is 5.82 Å². The molecular weight excluding hydrogens is 261 g/mol. The largest absolute Gasteiger partial charge is 0.394 e. The number of ether oxygens (including phenoxy) is 1. The third kappa shape index (κ3) is 5.00. The van der Waals surface area contributed by atoms with Gasteiger partial charge in [0.1, 0.15) is 5.82 Å². The van der Waals surface area contributed by atoms with E-state index in [9.17, 15) is 9.18 Å². The number of halogens is 2. The lowest BCUT2D eigenvalue weighted by Gasteiger charge is -2.07. The average molecular weight is 276 g/mol. The molecule has 0 aliphatic heterocycles. The molecule has 0 bridgehead atoms. The molecule has 0 aromatic heterocycles. The molecular formula is C12H15ClFNO3. The topological polar surface area (TPSA) is 58.6 Å². The Kier molecular flexibility index (Phi) is 6.64. The van der Waals surface area contributed by atoms with E-state index < -0.39 is 5.82 Å². The average Bonchev–Trinajstić information content (AvgIpc) is 2.33. The Hall–Kier alpha value is -1.17. The zero-order chi connectivity index (χ0) is 13.4. The molecule has 0 spiro atoms. The van der Waals surface area contributed by atoms with Gasteiger partial charge in [-0.2, -0.15) is 0 Å². The summed E-state index contributed by atoms with van der Waals surface area (Å²) >= 11 is 5.75. The molecule has 1 aromatic rings. The van der Waals surface area contributed by atoms with Gasteiger partial charge in [0, 0.05) is 13.2 Å². The normalized spacial score (nSPS) is 10.4. The number of aliphatic hydroxyl groups is 1. The number of hydrogen-bond donors (Lipinski definition) is 2. The van der Waals surface area contributed by atoms with Gasteiger partial charge in [-0.3, -0.25) is 4.79 Å². The van der Waals surface area contributed by atoms with E-state index in [2.05, 4.69) is 5.32 Å². The number of rotatable bonds is 7.